The zero-order valence-electron chi connectivity index (χ0n) is 15.1. The van der Waals surface area contributed by atoms with Crippen LogP contribution < -0.4 is 20.5 Å². The van der Waals surface area contributed by atoms with Crippen LogP contribution in [0.4, 0.5) is 5.69 Å². The standard InChI is InChI=1S/C20H24N4O2/c1-15-5-4-6-16(13-15)24-20(25)19(26-17-7-2-3-8-17)18(14-22-24)23-11-9-21-10-12-23/h4-6,9,11,13-14,17,21H,2-3,7-8,10,12H2,1H3/p+1. The van der Waals surface area contributed by atoms with E-state index in [0.29, 0.717) is 5.75 Å². The molecule has 2 aromatic rings. The van der Waals surface area contributed by atoms with E-state index in [0.717, 1.165) is 55.7 Å². The van der Waals surface area contributed by atoms with Gasteiger partial charge in [0.05, 0.1) is 37.3 Å². The second kappa shape index (κ2) is 7.33. The van der Waals surface area contributed by atoms with Gasteiger partial charge in [0.1, 0.15) is 11.9 Å². The van der Waals surface area contributed by atoms with Crippen LogP contribution in [0.25, 0.3) is 5.69 Å². The first-order chi connectivity index (χ1) is 12.7. The van der Waals surface area contributed by atoms with E-state index in [-0.39, 0.29) is 11.7 Å². The molecule has 1 aliphatic heterocycles. The van der Waals surface area contributed by atoms with E-state index in [1.54, 1.807) is 6.20 Å². The van der Waals surface area contributed by atoms with E-state index in [1.807, 2.05) is 43.6 Å². The van der Waals surface area contributed by atoms with Crippen LogP contribution in [0.2, 0.25) is 0 Å². The molecule has 136 valence electrons. The predicted octanol–water partition coefficient (Wildman–Crippen LogP) is 1.72. The number of aryl methyl sites for hydroxylation is 1. The Morgan fingerprint density at radius 1 is 1.27 bits per heavy atom. The van der Waals surface area contributed by atoms with Gasteiger partial charge in [-0.05, 0) is 50.3 Å². The summed E-state index contributed by atoms with van der Waals surface area (Å²) in [5.74, 6) is 0.417. The van der Waals surface area contributed by atoms with Gasteiger partial charge >= 0.3 is 5.56 Å². The number of anilines is 1. The molecular weight excluding hydrogens is 328 g/mol. The highest BCUT2D eigenvalue weighted by atomic mass is 16.5. The molecule has 0 amide bonds. The Labute approximate surface area is 153 Å². The molecular formula is C20H25N4O2+. The van der Waals surface area contributed by atoms with Gasteiger partial charge in [0, 0.05) is 0 Å². The van der Waals surface area contributed by atoms with Crippen molar-refractivity contribution in [3.05, 3.63) is 58.8 Å². The highest BCUT2D eigenvalue weighted by molar-refractivity contribution is 5.58. The van der Waals surface area contributed by atoms with Gasteiger partial charge in [-0.3, -0.25) is 4.79 Å². The van der Waals surface area contributed by atoms with Gasteiger partial charge in [-0.25, -0.2) is 0 Å². The Hall–Kier alpha value is -2.60. The maximum atomic E-state index is 13.2. The first-order valence-electron chi connectivity index (χ1n) is 9.35. The Kier molecular flexibility index (Phi) is 4.75. The molecule has 2 aliphatic rings. The largest absolute Gasteiger partial charge is 0.483 e. The summed E-state index contributed by atoms with van der Waals surface area (Å²) in [6.45, 7) is 3.78. The topological polar surface area (TPSA) is 64.0 Å². The number of ether oxygens (including phenoxy) is 1. The predicted molar refractivity (Wildman–Crippen MR) is 101 cm³/mol. The first kappa shape index (κ1) is 16.8. The molecule has 26 heavy (non-hydrogen) atoms. The van der Waals surface area contributed by atoms with Crippen molar-refractivity contribution in [3.8, 4) is 11.4 Å². The van der Waals surface area contributed by atoms with Crippen molar-refractivity contribution in [2.75, 3.05) is 18.0 Å². The smallest absolute Gasteiger partial charge is 0.316 e. The summed E-state index contributed by atoms with van der Waals surface area (Å²) < 4.78 is 7.67. The molecule has 6 nitrogen and oxygen atoms in total. The van der Waals surface area contributed by atoms with Crippen molar-refractivity contribution in [2.24, 2.45) is 0 Å². The van der Waals surface area contributed by atoms with E-state index in [2.05, 4.69) is 15.3 Å². The minimum Gasteiger partial charge on any atom is -0.483 e. The van der Waals surface area contributed by atoms with Crippen LogP contribution in [0.1, 0.15) is 31.2 Å². The molecule has 0 bridgehead atoms. The van der Waals surface area contributed by atoms with Crippen LogP contribution in [0, 0.1) is 6.92 Å². The molecule has 0 radical (unpaired) electrons. The zero-order chi connectivity index (χ0) is 17.9. The van der Waals surface area contributed by atoms with Gasteiger partial charge in [0.25, 0.3) is 0 Å². The van der Waals surface area contributed by atoms with E-state index in [4.69, 9.17) is 4.74 Å². The minimum absolute atomic E-state index is 0.121. The second-order valence-corrected chi connectivity index (χ2v) is 7.00. The normalized spacial score (nSPS) is 17.7. The summed E-state index contributed by atoms with van der Waals surface area (Å²) >= 11 is 0. The van der Waals surface area contributed by atoms with Crippen LogP contribution in [0.15, 0.2) is 47.7 Å². The molecule has 1 aliphatic carbocycles. The van der Waals surface area contributed by atoms with Gasteiger partial charge in [0.2, 0.25) is 5.75 Å². The Morgan fingerprint density at radius 2 is 2.12 bits per heavy atom. The molecule has 1 saturated carbocycles. The average molecular weight is 353 g/mol. The van der Waals surface area contributed by atoms with Gasteiger partial charge in [0.15, 0.2) is 0 Å². The maximum Gasteiger partial charge on any atom is 0.316 e. The molecule has 6 heteroatoms. The number of benzene rings is 1. The van der Waals surface area contributed by atoms with Crippen LogP contribution in [0.5, 0.6) is 5.75 Å². The van der Waals surface area contributed by atoms with Crippen molar-refractivity contribution in [1.29, 1.82) is 0 Å². The van der Waals surface area contributed by atoms with E-state index >= 15 is 0 Å². The average Bonchev–Trinajstić information content (AvgIpc) is 3.17. The molecule has 2 heterocycles. The molecule has 1 aromatic carbocycles. The molecule has 1 aromatic heterocycles. The maximum absolute atomic E-state index is 13.2. The third-order valence-electron chi connectivity index (χ3n) is 5.00. The van der Waals surface area contributed by atoms with Crippen LogP contribution in [0.3, 0.4) is 0 Å². The fourth-order valence-corrected chi connectivity index (χ4v) is 3.61. The lowest BCUT2D eigenvalue weighted by Gasteiger charge is -2.25. The Morgan fingerprint density at radius 3 is 2.85 bits per heavy atom. The van der Waals surface area contributed by atoms with E-state index in [9.17, 15) is 4.79 Å². The van der Waals surface area contributed by atoms with Crippen molar-refractivity contribution >= 4 is 5.69 Å². The van der Waals surface area contributed by atoms with Crippen molar-refractivity contribution in [2.45, 2.75) is 38.7 Å². The van der Waals surface area contributed by atoms with Crippen molar-refractivity contribution in [3.63, 3.8) is 0 Å². The third-order valence-corrected chi connectivity index (χ3v) is 5.00. The minimum atomic E-state index is -0.192. The molecule has 2 N–H and O–H groups in total. The van der Waals surface area contributed by atoms with E-state index < -0.39 is 0 Å². The molecule has 0 atom stereocenters. The lowest BCUT2D eigenvalue weighted by Crippen LogP contribution is -2.81. The fraction of sp³-hybridized carbons (Fsp3) is 0.400. The van der Waals surface area contributed by atoms with Crippen LogP contribution >= 0.6 is 0 Å². The lowest BCUT2D eigenvalue weighted by atomic mass is 10.2. The first-order valence-corrected chi connectivity index (χ1v) is 9.35. The number of nitrogens with zero attached hydrogens (tertiary/aromatic N) is 3. The number of rotatable bonds is 4. The monoisotopic (exact) mass is 353 g/mol. The van der Waals surface area contributed by atoms with Gasteiger partial charge in [-0.15, -0.1) is 0 Å². The number of hydrogen-bond donors (Lipinski definition) is 1. The SMILES string of the molecule is Cc1cccc(-n2ncc(N3C=C[NH2+]CC3)c(OC3CCCC3)c2=O)c1. The van der Waals surface area contributed by atoms with Gasteiger partial charge < -0.3 is 15.0 Å². The third kappa shape index (κ3) is 3.37. The summed E-state index contributed by atoms with van der Waals surface area (Å²) in [7, 11) is 0. The summed E-state index contributed by atoms with van der Waals surface area (Å²) in [6, 6.07) is 7.81. The van der Waals surface area contributed by atoms with Crippen LogP contribution in [-0.4, -0.2) is 29.0 Å². The number of quaternary nitrogens is 1. The summed E-state index contributed by atoms with van der Waals surface area (Å²) in [5, 5.41) is 6.56. The second-order valence-electron chi connectivity index (χ2n) is 7.00. The van der Waals surface area contributed by atoms with Crippen LogP contribution in [-0.2, 0) is 0 Å². The Balaban J connectivity index is 1.79. The molecule has 0 spiro atoms. The molecule has 1 fully saturated rings. The highest BCUT2D eigenvalue weighted by Crippen LogP contribution is 2.29. The van der Waals surface area contributed by atoms with Crippen molar-refractivity contribution < 1.29 is 10.1 Å². The summed E-state index contributed by atoms with van der Waals surface area (Å²) in [4.78, 5) is 15.3. The summed E-state index contributed by atoms with van der Waals surface area (Å²) in [6.07, 6.45) is 10.2. The summed E-state index contributed by atoms with van der Waals surface area (Å²) in [5.41, 5.74) is 2.42. The lowest BCUT2D eigenvalue weighted by molar-refractivity contribution is -0.588. The molecule has 4 rings (SSSR count). The highest BCUT2D eigenvalue weighted by Gasteiger charge is 2.24. The quantitative estimate of drug-likeness (QED) is 0.909. The zero-order valence-corrected chi connectivity index (χ0v) is 15.1. The molecule has 0 saturated heterocycles. The van der Waals surface area contributed by atoms with E-state index in [1.165, 1.54) is 4.68 Å². The van der Waals surface area contributed by atoms with Crippen molar-refractivity contribution in [1.82, 2.24) is 9.78 Å². The fourth-order valence-electron chi connectivity index (χ4n) is 3.61. The molecule has 0 unspecified atom stereocenters. The number of nitrogens with two attached hydrogens (primary N) is 1. The van der Waals surface area contributed by atoms with Gasteiger partial charge in [-0.2, -0.15) is 9.78 Å². The Bertz CT molecular complexity index is 868. The van der Waals surface area contributed by atoms with Gasteiger partial charge in [-0.1, -0.05) is 12.1 Å². The number of hydrogen-bond acceptors (Lipinski definition) is 4. The number of aromatic nitrogens is 2.